The van der Waals surface area contributed by atoms with E-state index in [0.29, 0.717) is 41.4 Å². The lowest BCUT2D eigenvalue weighted by Gasteiger charge is -1.95. The highest BCUT2D eigenvalue weighted by atomic mass is 19.1. The zero-order valence-electron chi connectivity index (χ0n) is 10.5. The summed E-state index contributed by atoms with van der Waals surface area (Å²) in [5.41, 5.74) is 0.995. The molecule has 7 heteroatoms. The summed E-state index contributed by atoms with van der Waals surface area (Å²) in [6.07, 6.45) is 2.23. The summed E-state index contributed by atoms with van der Waals surface area (Å²) in [6, 6.07) is 4.50. The third kappa shape index (κ3) is 2.11. The van der Waals surface area contributed by atoms with Gasteiger partial charge in [-0.05, 0) is 25.0 Å². The number of nitrogens with one attached hydrogen (secondary N) is 1. The van der Waals surface area contributed by atoms with Crippen LogP contribution in [0.2, 0.25) is 0 Å². The zero-order valence-corrected chi connectivity index (χ0v) is 10.5. The second kappa shape index (κ2) is 4.29. The minimum Gasteiger partial charge on any atom is -0.424 e. The van der Waals surface area contributed by atoms with E-state index in [-0.39, 0.29) is 5.82 Å². The van der Waals surface area contributed by atoms with E-state index in [9.17, 15) is 4.39 Å². The fourth-order valence-electron chi connectivity index (χ4n) is 1.96. The highest BCUT2D eigenvalue weighted by Crippen LogP contribution is 2.39. The van der Waals surface area contributed by atoms with Gasteiger partial charge in [-0.3, -0.25) is 0 Å². The van der Waals surface area contributed by atoms with Crippen molar-refractivity contribution in [1.29, 1.82) is 0 Å². The smallest absolute Gasteiger partial charge is 0.296 e. The molecule has 1 aromatic carbocycles. The number of anilines is 1. The molecule has 0 aliphatic heterocycles. The quantitative estimate of drug-likeness (QED) is 0.788. The van der Waals surface area contributed by atoms with E-state index in [1.807, 2.05) is 0 Å². The summed E-state index contributed by atoms with van der Waals surface area (Å²) in [7, 11) is 0. The molecule has 1 fully saturated rings. The molecule has 0 atom stereocenters. The van der Waals surface area contributed by atoms with Crippen LogP contribution in [0.15, 0.2) is 27.0 Å². The van der Waals surface area contributed by atoms with Crippen LogP contribution < -0.4 is 5.32 Å². The van der Waals surface area contributed by atoms with Gasteiger partial charge in [-0.15, -0.1) is 10.2 Å². The number of halogens is 1. The summed E-state index contributed by atoms with van der Waals surface area (Å²) < 4.78 is 24.0. The van der Waals surface area contributed by atoms with Gasteiger partial charge in [0.2, 0.25) is 11.8 Å². The molecule has 0 amide bonds. The van der Waals surface area contributed by atoms with Crippen molar-refractivity contribution in [3.63, 3.8) is 0 Å². The van der Waals surface area contributed by atoms with Gasteiger partial charge in [0, 0.05) is 12.0 Å². The molecule has 2 aromatic heterocycles. The average Bonchev–Trinajstić information content (AvgIpc) is 3.04. The summed E-state index contributed by atoms with van der Waals surface area (Å²) in [6.45, 7) is 0.328. The topological polar surface area (TPSA) is 77.0 Å². The first-order chi connectivity index (χ1) is 9.78. The van der Waals surface area contributed by atoms with E-state index in [0.717, 1.165) is 12.8 Å². The largest absolute Gasteiger partial charge is 0.424 e. The van der Waals surface area contributed by atoms with Crippen molar-refractivity contribution in [3.05, 3.63) is 35.8 Å². The molecule has 1 aliphatic rings. The summed E-state index contributed by atoms with van der Waals surface area (Å²) in [4.78, 5) is 4.14. The maximum atomic E-state index is 13.0. The Morgan fingerprint density at radius 3 is 3.00 bits per heavy atom. The molecular formula is C13H11FN4O2. The third-order valence-electron chi connectivity index (χ3n) is 3.15. The van der Waals surface area contributed by atoms with Crippen LogP contribution in [0.3, 0.4) is 0 Å². The molecule has 4 rings (SSSR count). The first kappa shape index (κ1) is 11.4. The number of rotatable bonds is 4. The van der Waals surface area contributed by atoms with E-state index in [1.165, 1.54) is 12.1 Å². The lowest BCUT2D eigenvalue weighted by Crippen LogP contribution is -1.99. The van der Waals surface area contributed by atoms with Gasteiger partial charge in [0.05, 0.1) is 6.54 Å². The van der Waals surface area contributed by atoms with Gasteiger partial charge in [0.1, 0.15) is 11.3 Å². The number of fused-ring (bicyclic) bond motifs is 1. The van der Waals surface area contributed by atoms with Crippen molar-refractivity contribution >= 4 is 17.1 Å². The molecule has 6 nitrogen and oxygen atoms in total. The molecule has 1 aliphatic carbocycles. The second-order valence-electron chi connectivity index (χ2n) is 4.79. The van der Waals surface area contributed by atoms with Crippen LogP contribution in [0.25, 0.3) is 11.1 Å². The Morgan fingerprint density at radius 1 is 1.25 bits per heavy atom. The average molecular weight is 274 g/mol. The Labute approximate surface area is 113 Å². The maximum absolute atomic E-state index is 13.0. The van der Waals surface area contributed by atoms with Gasteiger partial charge in [-0.2, -0.15) is 4.98 Å². The van der Waals surface area contributed by atoms with Crippen LogP contribution >= 0.6 is 0 Å². The van der Waals surface area contributed by atoms with Crippen LogP contribution in [0.1, 0.15) is 30.5 Å². The highest BCUT2D eigenvalue weighted by molar-refractivity contribution is 5.74. The molecule has 3 aromatic rings. The monoisotopic (exact) mass is 274 g/mol. The molecule has 0 unspecified atom stereocenters. The van der Waals surface area contributed by atoms with Gasteiger partial charge in [-0.25, -0.2) is 4.39 Å². The number of oxazole rings is 1. The van der Waals surface area contributed by atoms with Gasteiger partial charge >= 0.3 is 0 Å². The molecule has 1 saturated carbocycles. The van der Waals surface area contributed by atoms with Crippen LogP contribution in [0.5, 0.6) is 0 Å². The molecule has 2 heterocycles. The van der Waals surface area contributed by atoms with Crippen molar-refractivity contribution in [3.8, 4) is 0 Å². The van der Waals surface area contributed by atoms with Crippen LogP contribution in [0, 0.1) is 5.82 Å². The molecule has 20 heavy (non-hydrogen) atoms. The fourth-order valence-corrected chi connectivity index (χ4v) is 1.96. The lowest BCUT2D eigenvalue weighted by atomic mass is 10.3. The van der Waals surface area contributed by atoms with E-state index in [2.05, 4.69) is 20.5 Å². The van der Waals surface area contributed by atoms with Gasteiger partial charge < -0.3 is 14.2 Å². The Bertz CT molecular complexity index is 763. The van der Waals surface area contributed by atoms with Crippen LogP contribution in [0.4, 0.5) is 10.4 Å². The van der Waals surface area contributed by atoms with E-state index in [1.54, 1.807) is 6.07 Å². The first-order valence-electron chi connectivity index (χ1n) is 6.40. The molecule has 1 N–H and O–H groups in total. The summed E-state index contributed by atoms with van der Waals surface area (Å²) in [5, 5.41) is 10.9. The first-order valence-corrected chi connectivity index (χ1v) is 6.40. The summed E-state index contributed by atoms with van der Waals surface area (Å²) in [5.74, 6) is 1.27. The van der Waals surface area contributed by atoms with Gasteiger partial charge in [0.15, 0.2) is 5.58 Å². The Kier molecular flexibility index (Phi) is 2.45. The second-order valence-corrected chi connectivity index (χ2v) is 4.79. The third-order valence-corrected chi connectivity index (χ3v) is 3.15. The van der Waals surface area contributed by atoms with Gasteiger partial charge in [0.25, 0.3) is 6.01 Å². The Hall–Kier alpha value is -2.44. The number of nitrogens with zero attached hydrogens (tertiary/aromatic N) is 3. The molecule has 0 bridgehead atoms. The number of hydrogen-bond donors (Lipinski definition) is 1. The van der Waals surface area contributed by atoms with Crippen LogP contribution in [-0.4, -0.2) is 15.2 Å². The molecular weight excluding hydrogens is 263 g/mol. The van der Waals surface area contributed by atoms with Crippen molar-refractivity contribution in [1.82, 2.24) is 15.2 Å². The zero-order chi connectivity index (χ0) is 13.5. The predicted molar refractivity (Wildman–Crippen MR) is 67.6 cm³/mol. The molecule has 0 spiro atoms. The highest BCUT2D eigenvalue weighted by Gasteiger charge is 2.29. The van der Waals surface area contributed by atoms with Crippen molar-refractivity contribution < 1.29 is 13.2 Å². The van der Waals surface area contributed by atoms with E-state index >= 15 is 0 Å². The number of benzene rings is 1. The van der Waals surface area contributed by atoms with Crippen molar-refractivity contribution in [2.75, 3.05) is 5.32 Å². The SMILES string of the molecule is Fc1ccc2oc(NCc3nnc(C4CC4)o3)nc2c1. The standard InChI is InChI=1S/C13H11FN4O2/c14-8-3-4-10-9(5-8)16-13(19-10)15-6-11-17-18-12(20-11)7-1-2-7/h3-5,7H,1-2,6H2,(H,15,16). The van der Waals surface area contributed by atoms with Gasteiger partial charge in [-0.1, -0.05) is 0 Å². The predicted octanol–water partition coefficient (Wildman–Crippen LogP) is 2.84. The molecule has 0 saturated heterocycles. The minimum atomic E-state index is -0.344. The van der Waals surface area contributed by atoms with Crippen molar-refractivity contribution in [2.24, 2.45) is 0 Å². The fraction of sp³-hybridized carbons (Fsp3) is 0.308. The number of aromatic nitrogens is 3. The van der Waals surface area contributed by atoms with E-state index in [4.69, 9.17) is 8.83 Å². The Balaban J connectivity index is 1.48. The Morgan fingerprint density at radius 2 is 2.15 bits per heavy atom. The van der Waals surface area contributed by atoms with Crippen molar-refractivity contribution in [2.45, 2.75) is 25.3 Å². The number of hydrogen-bond acceptors (Lipinski definition) is 6. The van der Waals surface area contributed by atoms with E-state index < -0.39 is 0 Å². The van der Waals surface area contributed by atoms with Crippen LogP contribution in [-0.2, 0) is 6.54 Å². The molecule has 0 radical (unpaired) electrons. The normalized spacial score (nSPS) is 14.8. The molecule has 102 valence electrons. The minimum absolute atomic E-state index is 0.303. The summed E-state index contributed by atoms with van der Waals surface area (Å²) >= 11 is 0. The maximum Gasteiger partial charge on any atom is 0.296 e. The lowest BCUT2D eigenvalue weighted by molar-refractivity contribution is 0.454.